The van der Waals surface area contributed by atoms with Crippen molar-refractivity contribution in [2.24, 2.45) is 12.0 Å². The number of carbonyl (C=O) groups excluding carboxylic acids is 2. The summed E-state index contributed by atoms with van der Waals surface area (Å²) in [6.45, 7) is 6.01. The van der Waals surface area contributed by atoms with Gasteiger partial charge in [0.15, 0.2) is 5.78 Å². The van der Waals surface area contributed by atoms with Crippen LogP contribution in [0.3, 0.4) is 0 Å². The fraction of sp³-hybridized carbons (Fsp3) is 0.320. The zero-order valence-electron chi connectivity index (χ0n) is 19.1. The molecule has 0 saturated carbocycles. The SMILES string of the molecule is Cn1ccn(Cc2cc3c(c(-c4ccc(F)cc4)c2)OCCC3=O)c1=NC(=O)OC(C)(C)C. The van der Waals surface area contributed by atoms with E-state index in [4.69, 9.17) is 9.47 Å². The molecule has 1 aliphatic heterocycles. The molecular formula is C25H26FN3O4. The number of carbonyl (C=O) groups is 2. The van der Waals surface area contributed by atoms with Crippen LogP contribution < -0.4 is 10.4 Å². The number of benzene rings is 2. The lowest BCUT2D eigenvalue weighted by Gasteiger charge is -2.21. The summed E-state index contributed by atoms with van der Waals surface area (Å²) in [5.41, 5.74) is 2.55. The molecule has 172 valence electrons. The van der Waals surface area contributed by atoms with Gasteiger partial charge < -0.3 is 18.6 Å². The first-order valence-corrected chi connectivity index (χ1v) is 10.7. The van der Waals surface area contributed by atoms with Gasteiger partial charge in [0.1, 0.15) is 17.2 Å². The smallest absolute Gasteiger partial charge is 0.437 e. The van der Waals surface area contributed by atoms with Crippen molar-refractivity contribution < 1.29 is 23.5 Å². The standard InChI is InChI=1S/C25H26FN3O4/c1-25(2,3)33-24(31)27-23-28(4)10-11-29(23)15-16-13-19(17-5-7-18(26)8-6-17)22-20(14-16)21(30)9-12-32-22/h5-8,10-11,13-14H,9,12,15H2,1-4H3. The van der Waals surface area contributed by atoms with Crippen LogP contribution in [0.2, 0.25) is 0 Å². The molecule has 0 N–H and O–H groups in total. The number of Topliss-reactive ketones (excluding diaryl/α,β-unsaturated/α-hetero) is 1. The number of ether oxygens (including phenoxy) is 2. The minimum absolute atomic E-state index is 0.00168. The van der Waals surface area contributed by atoms with Crippen molar-refractivity contribution in [1.29, 1.82) is 0 Å². The van der Waals surface area contributed by atoms with E-state index < -0.39 is 11.7 Å². The highest BCUT2D eigenvalue weighted by molar-refractivity contribution is 6.02. The highest BCUT2D eigenvalue weighted by Crippen LogP contribution is 2.37. The minimum atomic E-state index is -0.681. The molecule has 0 unspecified atom stereocenters. The van der Waals surface area contributed by atoms with E-state index in [1.165, 1.54) is 12.1 Å². The van der Waals surface area contributed by atoms with E-state index in [0.717, 1.165) is 16.7 Å². The average Bonchev–Trinajstić information content (AvgIpc) is 3.06. The van der Waals surface area contributed by atoms with Crippen molar-refractivity contribution >= 4 is 11.9 Å². The topological polar surface area (TPSA) is 74.8 Å². The Kier molecular flexibility index (Phi) is 5.93. The van der Waals surface area contributed by atoms with Gasteiger partial charge in [0.25, 0.3) is 0 Å². The summed E-state index contributed by atoms with van der Waals surface area (Å²) < 4.78 is 28.2. The van der Waals surface area contributed by atoms with E-state index in [2.05, 4.69) is 4.99 Å². The second kappa shape index (κ2) is 8.69. The molecule has 8 heteroatoms. The summed E-state index contributed by atoms with van der Waals surface area (Å²) in [5, 5.41) is 0. The minimum Gasteiger partial charge on any atom is -0.492 e. The van der Waals surface area contributed by atoms with Gasteiger partial charge in [-0.2, -0.15) is 0 Å². The Labute approximate surface area is 191 Å². The van der Waals surface area contributed by atoms with Gasteiger partial charge in [-0.05, 0) is 56.2 Å². The van der Waals surface area contributed by atoms with E-state index >= 15 is 0 Å². The molecule has 0 saturated heterocycles. The Balaban J connectivity index is 1.77. The van der Waals surface area contributed by atoms with Crippen molar-refractivity contribution in [2.45, 2.75) is 39.3 Å². The van der Waals surface area contributed by atoms with E-state index in [9.17, 15) is 14.0 Å². The predicted octanol–water partition coefficient (Wildman–Crippen LogP) is 4.48. The third-order valence-electron chi connectivity index (χ3n) is 5.16. The number of rotatable bonds is 3. The molecule has 0 bridgehead atoms. The number of halogens is 1. The summed E-state index contributed by atoms with van der Waals surface area (Å²) in [6, 6.07) is 9.81. The molecule has 3 aromatic rings. The lowest BCUT2D eigenvalue weighted by molar-refractivity contribution is 0.0593. The van der Waals surface area contributed by atoms with Crippen molar-refractivity contribution in [3.63, 3.8) is 0 Å². The molecule has 1 aliphatic rings. The Morgan fingerprint density at radius 1 is 1.15 bits per heavy atom. The first-order valence-electron chi connectivity index (χ1n) is 10.7. The number of hydrogen-bond acceptors (Lipinski definition) is 4. The van der Waals surface area contributed by atoms with Gasteiger partial charge in [0, 0.05) is 31.4 Å². The largest absolute Gasteiger partial charge is 0.492 e. The van der Waals surface area contributed by atoms with E-state index in [1.54, 1.807) is 67.5 Å². The fourth-order valence-corrected chi connectivity index (χ4v) is 3.71. The van der Waals surface area contributed by atoms with Crippen molar-refractivity contribution in [2.75, 3.05) is 6.61 Å². The number of aryl methyl sites for hydroxylation is 1. The summed E-state index contributed by atoms with van der Waals surface area (Å²) >= 11 is 0. The molecule has 0 atom stereocenters. The molecule has 4 rings (SSSR count). The maximum Gasteiger partial charge on any atom is 0.437 e. The molecule has 1 aromatic heterocycles. The number of hydrogen-bond donors (Lipinski definition) is 0. The maximum absolute atomic E-state index is 13.5. The molecule has 0 spiro atoms. The molecule has 33 heavy (non-hydrogen) atoms. The second-order valence-electron chi connectivity index (χ2n) is 8.98. The van der Waals surface area contributed by atoms with E-state index in [1.807, 2.05) is 6.07 Å². The van der Waals surface area contributed by atoms with Gasteiger partial charge >= 0.3 is 6.09 Å². The first-order chi connectivity index (χ1) is 15.6. The van der Waals surface area contributed by atoms with Crippen LogP contribution in [-0.2, 0) is 18.3 Å². The number of ketones is 1. The zero-order chi connectivity index (χ0) is 23.8. The van der Waals surface area contributed by atoms with Crippen LogP contribution in [0.1, 0.15) is 43.1 Å². The molecule has 7 nitrogen and oxygen atoms in total. The Hall–Kier alpha value is -3.68. The van der Waals surface area contributed by atoms with Crippen LogP contribution >= 0.6 is 0 Å². The molecule has 0 fully saturated rings. The van der Waals surface area contributed by atoms with Gasteiger partial charge in [-0.15, -0.1) is 4.99 Å². The Morgan fingerprint density at radius 3 is 2.55 bits per heavy atom. The third-order valence-corrected chi connectivity index (χ3v) is 5.16. The number of nitrogens with zero attached hydrogens (tertiary/aromatic N) is 3. The van der Waals surface area contributed by atoms with Crippen molar-refractivity contribution in [3.05, 3.63) is 71.4 Å². The molecule has 0 radical (unpaired) electrons. The summed E-state index contributed by atoms with van der Waals surface area (Å²) in [6.07, 6.45) is 3.21. The van der Waals surface area contributed by atoms with Gasteiger partial charge in [-0.1, -0.05) is 12.1 Å². The summed E-state index contributed by atoms with van der Waals surface area (Å²) in [4.78, 5) is 29.0. The monoisotopic (exact) mass is 451 g/mol. The van der Waals surface area contributed by atoms with Crippen LogP contribution in [0, 0.1) is 5.82 Å². The van der Waals surface area contributed by atoms with Crippen LogP contribution in [0.5, 0.6) is 5.75 Å². The average molecular weight is 451 g/mol. The van der Waals surface area contributed by atoms with Gasteiger partial charge in [0.2, 0.25) is 5.62 Å². The van der Waals surface area contributed by atoms with E-state index in [-0.39, 0.29) is 11.6 Å². The Bertz CT molecular complexity index is 1280. The predicted molar refractivity (Wildman–Crippen MR) is 121 cm³/mol. The number of imidazole rings is 1. The molecular weight excluding hydrogens is 425 g/mol. The number of fused-ring (bicyclic) bond motifs is 1. The zero-order valence-corrected chi connectivity index (χ0v) is 19.1. The molecule has 1 amide bonds. The third kappa shape index (κ3) is 5.05. The number of aromatic nitrogens is 2. The Morgan fingerprint density at radius 2 is 1.85 bits per heavy atom. The van der Waals surface area contributed by atoms with Gasteiger partial charge in [-0.3, -0.25) is 4.79 Å². The van der Waals surface area contributed by atoms with Gasteiger partial charge in [0.05, 0.1) is 18.7 Å². The van der Waals surface area contributed by atoms with Crippen LogP contribution in [-0.4, -0.2) is 33.2 Å². The first kappa shape index (κ1) is 22.5. The molecule has 2 aromatic carbocycles. The van der Waals surface area contributed by atoms with Crippen molar-refractivity contribution in [1.82, 2.24) is 9.13 Å². The molecule has 2 heterocycles. The van der Waals surface area contributed by atoms with E-state index in [0.29, 0.717) is 36.5 Å². The number of amides is 1. The fourth-order valence-electron chi connectivity index (χ4n) is 3.71. The summed E-state index contributed by atoms with van der Waals surface area (Å²) in [5.74, 6) is 0.172. The van der Waals surface area contributed by atoms with Crippen LogP contribution in [0.15, 0.2) is 53.8 Å². The normalized spacial score (nSPS) is 14.1. The highest BCUT2D eigenvalue weighted by Gasteiger charge is 2.24. The van der Waals surface area contributed by atoms with Crippen LogP contribution in [0.4, 0.5) is 9.18 Å². The molecule has 0 aliphatic carbocycles. The van der Waals surface area contributed by atoms with Gasteiger partial charge in [-0.25, -0.2) is 9.18 Å². The second-order valence-corrected chi connectivity index (χ2v) is 8.98. The summed E-state index contributed by atoms with van der Waals surface area (Å²) in [7, 11) is 1.79. The quantitative estimate of drug-likeness (QED) is 0.588. The maximum atomic E-state index is 13.5. The van der Waals surface area contributed by atoms with Crippen LogP contribution in [0.25, 0.3) is 11.1 Å². The highest BCUT2D eigenvalue weighted by atomic mass is 19.1. The lowest BCUT2D eigenvalue weighted by Crippen LogP contribution is -2.29. The lowest BCUT2D eigenvalue weighted by atomic mass is 9.94. The van der Waals surface area contributed by atoms with Crippen molar-refractivity contribution in [3.8, 4) is 16.9 Å².